The van der Waals surface area contributed by atoms with Crippen molar-refractivity contribution in [3.05, 3.63) is 68.8 Å². The van der Waals surface area contributed by atoms with Gasteiger partial charge in [0, 0.05) is 42.2 Å². The van der Waals surface area contributed by atoms with E-state index in [1.54, 1.807) is 12.1 Å². The maximum atomic E-state index is 12.7. The van der Waals surface area contributed by atoms with E-state index in [-0.39, 0.29) is 11.3 Å². The summed E-state index contributed by atoms with van der Waals surface area (Å²) < 4.78 is 0. The summed E-state index contributed by atoms with van der Waals surface area (Å²) in [5.74, 6) is -0.559. The van der Waals surface area contributed by atoms with Crippen molar-refractivity contribution >= 4 is 29.0 Å². The Morgan fingerprint density at radius 3 is 2.45 bits per heavy atom. The highest BCUT2D eigenvalue weighted by molar-refractivity contribution is 6.10. The van der Waals surface area contributed by atoms with Crippen LogP contribution in [0.25, 0.3) is 6.08 Å². The van der Waals surface area contributed by atoms with Crippen LogP contribution in [0.15, 0.2) is 42.0 Å². The molecule has 0 atom stereocenters. The maximum Gasteiger partial charge on any atom is 0.270 e. The minimum atomic E-state index is -0.559. The number of hydrogen-bond acceptors (Lipinski definition) is 5. The Morgan fingerprint density at radius 2 is 1.90 bits per heavy atom. The smallest absolute Gasteiger partial charge is 0.270 e. The molecule has 2 aromatic carbocycles. The van der Waals surface area contributed by atoms with E-state index in [2.05, 4.69) is 5.32 Å². The molecule has 29 heavy (non-hydrogen) atoms. The zero-order chi connectivity index (χ0) is 21.6. The van der Waals surface area contributed by atoms with Crippen molar-refractivity contribution in [2.24, 2.45) is 0 Å². The SMILES string of the molecule is CCN(CC)c1ccc([N+](=O)[O-])cc1/C=C(\C#N)C(=O)Nc1ccc(C)cc1C. The van der Waals surface area contributed by atoms with Crippen LogP contribution in [-0.2, 0) is 4.79 Å². The molecule has 150 valence electrons. The van der Waals surface area contributed by atoms with Gasteiger partial charge in [-0.05, 0) is 51.5 Å². The molecule has 2 rings (SSSR count). The average molecular weight is 392 g/mol. The minimum Gasteiger partial charge on any atom is -0.372 e. The normalized spacial score (nSPS) is 10.9. The van der Waals surface area contributed by atoms with Gasteiger partial charge in [0.25, 0.3) is 11.6 Å². The molecule has 7 heteroatoms. The van der Waals surface area contributed by atoms with E-state index >= 15 is 0 Å². The van der Waals surface area contributed by atoms with Crippen molar-refractivity contribution in [3.8, 4) is 6.07 Å². The largest absolute Gasteiger partial charge is 0.372 e. The van der Waals surface area contributed by atoms with Gasteiger partial charge in [-0.15, -0.1) is 0 Å². The molecule has 0 saturated carbocycles. The number of nitro benzene ring substituents is 1. The lowest BCUT2D eigenvalue weighted by Crippen LogP contribution is -2.23. The number of carbonyl (C=O) groups is 1. The van der Waals surface area contributed by atoms with Gasteiger partial charge >= 0.3 is 0 Å². The highest BCUT2D eigenvalue weighted by Gasteiger charge is 2.16. The number of aryl methyl sites for hydroxylation is 2. The van der Waals surface area contributed by atoms with E-state index in [4.69, 9.17) is 0 Å². The lowest BCUT2D eigenvalue weighted by Gasteiger charge is -2.23. The zero-order valence-electron chi connectivity index (χ0n) is 17.0. The molecule has 0 aromatic heterocycles. The van der Waals surface area contributed by atoms with E-state index in [9.17, 15) is 20.2 Å². The average Bonchev–Trinajstić information content (AvgIpc) is 2.69. The van der Waals surface area contributed by atoms with Crippen molar-refractivity contribution in [3.63, 3.8) is 0 Å². The van der Waals surface area contributed by atoms with Gasteiger partial charge in [-0.1, -0.05) is 17.7 Å². The summed E-state index contributed by atoms with van der Waals surface area (Å²) in [6.45, 7) is 9.14. The number of nitrogens with zero attached hydrogens (tertiary/aromatic N) is 3. The molecule has 1 amide bonds. The third-order valence-corrected chi connectivity index (χ3v) is 4.62. The molecule has 7 nitrogen and oxygen atoms in total. The summed E-state index contributed by atoms with van der Waals surface area (Å²) in [7, 11) is 0. The quantitative estimate of drug-likeness (QED) is 0.321. The zero-order valence-corrected chi connectivity index (χ0v) is 17.0. The van der Waals surface area contributed by atoms with Crippen LogP contribution in [0.3, 0.4) is 0 Å². The third-order valence-electron chi connectivity index (χ3n) is 4.62. The number of anilines is 2. The predicted molar refractivity (Wildman–Crippen MR) is 115 cm³/mol. The highest BCUT2D eigenvalue weighted by atomic mass is 16.6. The fourth-order valence-corrected chi connectivity index (χ4v) is 3.07. The number of nitro groups is 1. The number of nitrogens with one attached hydrogen (secondary N) is 1. The van der Waals surface area contributed by atoms with Crippen molar-refractivity contribution < 1.29 is 9.72 Å². The van der Waals surface area contributed by atoms with E-state index in [1.807, 2.05) is 50.8 Å². The summed E-state index contributed by atoms with van der Waals surface area (Å²) in [6.07, 6.45) is 1.40. The summed E-state index contributed by atoms with van der Waals surface area (Å²) in [4.78, 5) is 25.4. The van der Waals surface area contributed by atoms with Crippen molar-refractivity contribution in [2.45, 2.75) is 27.7 Å². The number of benzene rings is 2. The summed E-state index contributed by atoms with van der Waals surface area (Å²) in [6, 6.07) is 12.0. The first-order valence-corrected chi connectivity index (χ1v) is 9.34. The van der Waals surface area contributed by atoms with E-state index in [1.165, 1.54) is 18.2 Å². The second kappa shape index (κ2) is 9.51. The van der Waals surface area contributed by atoms with Gasteiger partial charge in [0.15, 0.2) is 0 Å². The Morgan fingerprint density at radius 1 is 1.21 bits per heavy atom. The molecule has 0 aliphatic carbocycles. The number of amides is 1. The van der Waals surface area contributed by atoms with E-state index in [0.29, 0.717) is 24.3 Å². The molecule has 0 saturated heterocycles. The second-order valence-electron chi connectivity index (χ2n) is 6.61. The van der Waals surface area contributed by atoms with Gasteiger partial charge in [-0.25, -0.2) is 0 Å². The Labute approximate surface area is 170 Å². The van der Waals surface area contributed by atoms with Crippen LogP contribution < -0.4 is 10.2 Å². The maximum absolute atomic E-state index is 12.7. The van der Waals surface area contributed by atoms with Gasteiger partial charge in [0.2, 0.25) is 0 Å². The second-order valence-corrected chi connectivity index (χ2v) is 6.61. The molecule has 0 aliphatic rings. The summed E-state index contributed by atoms with van der Waals surface area (Å²) >= 11 is 0. The van der Waals surface area contributed by atoms with E-state index < -0.39 is 10.8 Å². The van der Waals surface area contributed by atoms with Gasteiger partial charge in [0.1, 0.15) is 11.6 Å². The first kappa shape index (κ1) is 21.6. The fraction of sp³-hybridized carbons (Fsp3) is 0.273. The molecule has 0 unspecified atom stereocenters. The van der Waals surface area contributed by atoms with Crippen LogP contribution in [0.5, 0.6) is 0 Å². The summed E-state index contributed by atoms with van der Waals surface area (Å²) in [5.41, 5.74) is 3.53. The molecule has 0 aliphatic heterocycles. The van der Waals surface area contributed by atoms with Gasteiger partial charge in [-0.3, -0.25) is 14.9 Å². The van der Waals surface area contributed by atoms with Crippen LogP contribution in [0, 0.1) is 35.3 Å². The predicted octanol–water partition coefficient (Wildman–Crippen LogP) is 4.60. The van der Waals surface area contributed by atoms with Crippen LogP contribution in [0.2, 0.25) is 0 Å². The van der Waals surface area contributed by atoms with Crippen LogP contribution >= 0.6 is 0 Å². The number of nitriles is 1. The molecule has 0 spiro atoms. The molecular weight excluding hydrogens is 368 g/mol. The van der Waals surface area contributed by atoms with Crippen LogP contribution in [-0.4, -0.2) is 23.9 Å². The topological polar surface area (TPSA) is 99.3 Å². The first-order valence-electron chi connectivity index (χ1n) is 9.34. The number of rotatable bonds is 7. The molecule has 0 bridgehead atoms. The molecular formula is C22H24N4O3. The molecule has 0 radical (unpaired) electrons. The lowest BCUT2D eigenvalue weighted by atomic mass is 10.1. The Bertz CT molecular complexity index is 1000. The van der Waals surface area contributed by atoms with Crippen LogP contribution in [0.1, 0.15) is 30.5 Å². The van der Waals surface area contributed by atoms with Gasteiger partial charge in [0.05, 0.1) is 4.92 Å². The molecule has 0 fully saturated rings. The fourth-order valence-electron chi connectivity index (χ4n) is 3.07. The standard InChI is InChI=1S/C22H24N4O3/c1-5-25(6-2)21-10-8-19(26(28)29)13-17(21)12-18(14-23)22(27)24-20-9-7-15(3)11-16(20)4/h7-13H,5-6H2,1-4H3,(H,24,27)/b18-12+. The third kappa shape index (κ3) is 5.20. The summed E-state index contributed by atoms with van der Waals surface area (Å²) in [5, 5.41) is 23.5. The first-order chi connectivity index (χ1) is 13.8. The highest BCUT2D eigenvalue weighted by Crippen LogP contribution is 2.28. The van der Waals surface area contributed by atoms with E-state index in [0.717, 1.165) is 16.8 Å². The monoisotopic (exact) mass is 392 g/mol. The van der Waals surface area contributed by atoms with Crippen molar-refractivity contribution in [2.75, 3.05) is 23.3 Å². The van der Waals surface area contributed by atoms with Crippen molar-refractivity contribution in [1.82, 2.24) is 0 Å². The number of carbonyl (C=O) groups excluding carboxylic acids is 1. The lowest BCUT2D eigenvalue weighted by molar-refractivity contribution is -0.384. The Kier molecular flexibility index (Phi) is 7.10. The Balaban J connectivity index is 2.47. The Hall–Kier alpha value is -3.66. The van der Waals surface area contributed by atoms with Crippen molar-refractivity contribution in [1.29, 1.82) is 5.26 Å². The molecule has 0 heterocycles. The minimum absolute atomic E-state index is 0.0979. The molecule has 2 aromatic rings. The van der Waals surface area contributed by atoms with Gasteiger partial charge in [-0.2, -0.15) is 5.26 Å². The number of hydrogen-bond donors (Lipinski definition) is 1. The number of non-ortho nitro benzene ring substituents is 1. The van der Waals surface area contributed by atoms with Gasteiger partial charge < -0.3 is 10.2 Å². The van der Waals surface area contributed by atoms with Crippen LogP contribution in [0.4, 0.5) is 17.1 Å². The molecule has 1 N–H and O–H groups in total.